The zero-order valence-corrected chi connectivity index (χ0v) is 15.2. The van der Waals surface area contributed by atoms with Crippen LogP contribution in [-0.4, -0.2) is 52.0 Å². The third-order valence-electron chi connectivity index (χ3n) is 4.14. The number of hydrogen-bond donors (Lipinski definition) is 2. The van der Waals surface area contributed by atoms with Gasteiger partial charge in [-0.15, -0.1) is 0 Å². The van der Waals surface area contributed by atoms with Crippen LogP contribution in [0.1, 0.15) is 64.7 Å². The first-order valence-electron chi connectivity index (χ1n) is 9.49. The van der Waals surface area contributed by atoms with E-state index in [-0.39, 0.29) is 0 Å². The van der Waals surface area contributed by atoms with Crippen molar-refractivity contribution in [2.24, 2.45) is 4.99 Å². The molecule has 0 bridgehead atoms. The Morgan fingerprint density at radius 2 is 1.83 bits per heavy atom. The molecule has 5 heteroatoms. The summed E-state index contributed by atoms with van der Waals surface area (Å²) in [6.07, 6.45) is 11.5. The lowest BCUT2D eigenvalue weighted by Crippen LogP contribution is -2.37. The van der Waals surface area contributed by atoms with Gasteiger partial charge in [0.15, 0.2) is 5.96 Å². The molecule has 0 amide bonds. The molecule has 0 spiro atoms. The Morgan fingerprint density at radius 3 is 2.57 bits per heavy atom. The average molecular weight is 328 g/mol. The van der Waals surface area contributed by atoms with E-state index in [1.807, 2.05) is 0 Å². The summed E-state index contributed by atoms with van der Waals surface area (Å²) in [4.78, 5) is 4.62. The first kappa shape index (κ1) is 20.2. The quantitative estimate of drug-likeness (QED) is 0.328. The number of nitrogens with one attached hydrogen (secondary N) is 2. The molecule has 0 aromatic rings. The molecule has 23 heavy (non-hydrogen) atoms. The number of rotatable bonds is 12. The summed E-state index contributed by atoms with van der Waals surface area (Å²) in [6, 6.07) is 0. The Hall–Kier alpha value is -0.810. The molecule has 5 nitrogen and oxygen atoms in total. The van der Waals surface area contributed by atoms with E-state index in [2.05, 4.69) is 22.5 Å². The second-order valence-corrected chi connectivity index (χ2v) is 6.23. The lowest BCUT2D eigenvalue weighted by Gasteiger charge is -2.21. The molecule has 0 aromatic carbocycles. The van der Waals surface area contributed by atoms with Gasteiger partial charge in [-0.05, 0) is 45.4 Å². The molecule has 1 fully saturated rings. The summed E-state index contributed by atoms with van der Waals surface area (Å²) in [5.74, 6) is 0.928. The van der Waals surface area contributed by atoms with Crippen LogP contribution in [-0.2, 0) is 9.47 Å². The fourth-order valence-corrected chi connectivity index (χ4v) is 2.83. The molecule has 136 valence electrons. The first-order valence-corrected chi connectivity index (χ1v) is 9.49. The van der Waals surface area contributed by atoms with Crippen LogP contribution in [0.15, 0.2) is 4.99 Å². The molecule has 0 unspecified atom stereocenters. The van der Waals surface area contributed by atoms with Crippen molar-refractivity contribution in [1.29, 1.82) is 0 Å². The van der Waals surface area contributed by atoms with Gasteiger partial charge in [0.1, 0.15) is 0 Å². The normalized spacial score (nSPS) is 16.5. The van der Waals surface area contributed by atoms with Crippen LogP contribution in [0, 0.1) is 0 Å². The Labute approximate surface area is 142 Å². The number of hydrogen-bond acceptors (Lipinski definition) is 3. The third kappa shape index (κ3) is 11.4. The highest BCUT2D eigenvalue weighted by atomic mass is 16.5. The highest BCUT2D eigenvalue weighted by molar-refractivity contribution is 5.79. The Balaban J connectivity index is 2.05. The Morgan fingerprint density at radius 1 is 1.00 bits per heavy atom. The van der Waals surface area contributed by atoms with Gasteiger partial charge < -0.3 is 20.1 Å². The summed E-state index contributed by atoms with van der Waals surface area (Å²) in [5, 5.41) is 6.69. The molecule has 0 heterocycles. The number of methoxy groups -OCH3 is 1. The van der Waals surface area contributed by atoms with E-state index >= 15 is 0 Å². The molecule has 1 aliphatic carbocycles. The Bertz CT molecular complexity index is 292. The lowest BCUT2D eigenvalue weighted by atomic mass is 9.98. The van der Waals surface area contributed by atoms with Crippen LogP contribution in [0.4, 0.5) is 0 Å². The third-order valence-corrected chi connectivity index (χ3v) is 4.14. The molecule has 0 aromatic heterocycles. The molecule has 0 radical (unpaired) electrons. The van der Waals surface area contributed by atoms with Gasteiger partial charge in [-0.3, -0.25) is 4.99 Å². The Kier molecular flexibility index (Phi) is 13.0. The van der Waals surface area contributed by atoms with E-state index in [1.165, 1.54) is 38.5 Å². The van der Waals surface area contributed by atoms with Crippen LogP contribution >= 0.6 is 0 Å². The molecule has 1 saturated carbocycles. The number of ether oxygens (including phenoxy) is 2. The summed E-state index contributed by atoms with van der Waals surface area (Å²) >= 11 is 0. The van der Waals surface area contributed by atoms with E-state index < -0.39 is 0 Å². The molecular formula is C18H37N3O2. The number of unbranched alkanes of at least 4 members (excludes halogenated alkanes) is 2. The standard InChI is InChI=1S/C18H37N3O2/c1-3-19-18(20-13-8-5-9-15-22-2)21-14-10-16-23-17-11-6-4-7-12-17/h17H,3-16H2,1-2H3,(H2,19,20,21). The van der Waals surface area contributed by atoms with Gasteiger partial charge in [-0.2, -0.15) is 0 Å². The van der Waals surface area contributed by atoms with Crippen molar-refractivity contribution in [3.8, 4) is 0 Å². The van der Waals surface area contributed by atoms with Crippen LogP contribution in [0.3, 0.4) is 0 Å². The van der Waals surface area contributed by atoms with Gasteiger partial charge in [0.2, 0.25) is 0 Å². The van der Waals surface area contributed by atoms with Crippen molar-refractivity contribution in [2.45, 2.75) is 70.8 Å². The van der Waals surface area contributed by atoms with E-state index in [0.717, 1.165) is 58.1 Å². The predicted molar refractivity (Wildman–Crippen MR) is 97.2 cm³/mol. The van der Waals surface area contributed by atoms with E-state index in [1.54, 1.807) is 7.11 Å². The second-order valence-electron chi connectivity index (χ2n) is 6.23. The summed E-state index contributed by atoms with van der Waals surface area (Å²) in [5.41, 5.74) is 0. The summed E-state index contributed by atoms with van der Waals surface area (Å²) < 4.78 is 11.0. The van der Waals surface area contributed by atoms with Crippen molar-refractivity contribution in [3.05, 3.63) is 0 Å². The summed E-state index contributed by atoms with van der Waals surface area (Å²) in [7, 11) is 1.76. The maximum Gasteiger partial charge on any atom is 0.191 e. The molecule has 0 atom stereocenters. The van der Waals surface area contributed by atoms with Crippen LogP contribution in [0.5, 0.6) is 0 Å². The van der Waals surface area contributed by atoms with Crippen molar-refractivity contribution in [3.63, 3.8) is 0 Å². The zero-order valence-electron chi connectivity index (χ0n) is 15.2. The fourth-order valence-electron chi connectivity index (χ4n) is 2.83. The van der Waals surface area contributed by atoms with Crippen LogP contribution in [0.25, 0.3) is 0 Å². The minimum absolute atomic E-state index is 0.506. The predicted octanol–water partition coefficient (Wildman–Crippen LogP) is 3.10. The van der Waals surface area contributed by atoms with E-state index in [9.17, 15) is 0 Å². The van der Waals surface area contributed by atoms with Crippen molar-refractivity contribution >= 4 is 5.96 Å². The number of nitrogens with zero attached hydrogens (tertiary/aromatic N) is 1. The minimum Gasteiger partial charge on any atom is -0.385 e. The molecule has 1 rings (SSSR count). The molecule has 0 aliphatic heterocycles. The van der Waals surface area contributed by atoms with Gasteiger partial charge in [-0.25, -0.2) is 0 Å². The van der Waals surface area contributed by atoms with Gasteiger partial charge in [0, 0.05) is 40.0 Å². The molecule has 2 N–H and O–H groups in total. The molecule has 1 aliphatic rings. The molecular weight excluding hydrogens is 290 g/mol. The van der Waals surface area contributed by atoms with Crippen molar-refractivity contribution in [1.82, 2.24) is 10.6 Å². The number of guanidine groups is 1. The largest absolute Gasteiger partial charge is 0.385 e. The average Bonchev–Trinajstić information content (AvgIpc) is 2.58. The van der Waals surface area contributed by atoms with Gasteiger partial charge in [-0.1, -0.05) is 19.3 Å². The SMILES string of the molecule is CCNC(=NCCCOC1CCCCC1)NCCCCCOC. The van der Waals surface area contributed by atoms with E-state index in [4.69, 9.17) is 9.47 Å². The second kappa shape index (κ2) is 14.8. The van der Waals surface area contributed by atoms with E-state index in [0.29, 0.717) is 6.10 Å². The summed E-state index contributed by atoms with van der Waals surface area (Å²) in [6.45, 7) is 6.48. The first-order chi connectivity index (χ1) is 11.4. The van der Waals surface area contributed by atoms with Crippen LogP contribution < -0.4 is 10.6 Å². The van der Waals surface area contributed by atoms with Crippen molar-refractivity contribution in [2.75, 3.05) is 40.0 Å². The molecule has 0 saturated heterocycles. The van der Waals surface area contributed by atoms with Gasteiger partial charge in [0.25, 0.3) is 0 Å². The minimum atomic E-state index is 0.506. The van der Waals surface area contributed by atoms with Gasteiger partial charge >= 0.3 is 0 Å². The smallest absolute Gasteiger partial charge is 0.191 e. The maximum atomic E-state index is 5.94. The number of aliphatic imine (C=N–C) groups is 1. The van der Waals surface area contributed by atoms with Crippen molar-refractivity contribution < 1.29 is 9.47 Å². The highest BCUT2D eigenvalue weighted by Crippen LogP contribution is 2.20. The topological polar surface area (TPSA) is 54.9 Å². The lowest BCUT2D eigenvalue weighted by molar-refractivity contribution is 0.0281. The zero-order chi connectivity index (χ0) is 16.6. The van der Waals surface area contributed by atoms with Crippen LogP contribution in [0.2, 0.25) is 0 Å². The monoisotopic (exact) mass is 327 g/mol. The van der Waals surface area contributed by atoms with Gasteiger partial charge in [0.05, 0.1) is 6.10 Å². The maximum absolute atomic E-state index is 5.94. The fraction of sp³-hybridized carbons (Fsp3) is 0.944. The highest BCUT2D eigenvalue weighted by Gasteiger charge is 2.12.